The van der Waals surface area contributed by atoms with E-state index in [4.69, 9.17) is 4.74 Å². The van der Waals surface area contributed by atoms with Gasteiger partial charge in [-0.1, -0.05) is 45.9 Å². The molecule has 0 N–H and O–H groups in total. The number of halogens is 1. The molecule has 30 heavy (non-hydrogen) atoms. The highest BCUT2D eigenvalue weighted by Gasteiger charge is 2.57. The number of thioether (sulfide) groups is 2. The normalized spacial score (nSPS) is 20.7. The van der Waals surface area contributed by atoms with Crippen molar-refractivity contribution >= 4 is 67.6 Å². The summed E-state index contributed by atoms with van der Waals surface area (Å²) in [5, 5.41) is 6.84. The van der Waals surface area contributed by atoms with Gasteiger partial charge >= 0.3 is 5.97 Å². The first-order valence-corrected chi connectivity index (χ1v) is 11.5. The van der Waals surface area contributed by atoms with E-state index in [9.17, 15) is 9.59 Å². The number of carbonyl (C=O) groups excluding carboxylic acids is 2. The van der Waals surface area contributed by atoms with Crippen LogP contribution in [0.25, 0.3) is 0 Å². The third-order valence-corrected chi connectivity index (χ3v) is 8.13. The van der Waals surface area contributed by atoms with Crippen molar-refractivity contribution in [1.29, 1.82) is 0 Å². The Hall–Kier alpha value is -2.23. The van der Waals surface area contributed by atoms with Crippen molar-refractivity contribution in [2.45, 2.75) is 18.2 Å². The molecule has 0 saturated carbocycles. The highest BCUT2D eigenvalue weighted by molar-refractivity contribution is 9.10. The number of anilines is 2. The highest BCUT2D eigenvalue weighted by atomic mass is 79.9. The Labute approximate surface area is 191 Å². The van der Waals surface area contributed by atoms with Crippen LogP contribution in [-0.4, -0.2) is 28.2 Å². The summed E-state index contributed by atoms with van der Waals surface area (Å²) in [6.07, 6.45) is 0. The van der Waals surface area contributed by atoms with Crippen LogP contribution in [-0.2, 0) is 14.3 Å². The summed E-state index contributed by atoms with van der Waals surface area (Å²) >= 11 is 6.12. The molecule has 0 saturated heterocycles. The molecular weight excluding hydrogens is 486 g/mol. The summed E-state index contributed by atoms with van der Waals surface area (Å²) in [5.41, 5.74) is 2.43. The Morgan fingerprint density at radius 2 is 1.70 bits per heavy atom. The average Bonchev–Trinajstić information content (AvgIpc) is 3.27. The van der Waals surface area contributed by atoms with Gasteiger partial charge in [0.2, 0.25) is 4.33 Å². The molecule has 2 aliphatic heterocycles. The molecule has 0 bridgehead atoms. The number of Topliss-reactive ketones (excluding diaryl/α,β-unsaturated/α-hetero) is 1. The number of allylic oxidation sites excluding steroid dienone is 1. The summed E-state index contributed by atoms with van der Waals surface area (Å²) in [4.78, 5) is 27.4. The van der Waals surface area contributed by atoms with E-state index in [0.29, 0.717) is 9.95 Å². The molecule has 2 aromatic rings. The second kappa shape index (κ2) is 8.13. The predicted octanol–water partition coefficient (Wildman–Crippen LogP) is 5.17. The quantitative estimate of drug-likeness (QED) is 0.532. The highest BCUT2D eigenvalue weighted by Crippen LogP contribution is 2.60. The van der Waals surface area contributed by atoms with Crippen LogP contribution in [0.2, 0.25) is 0 Å². The lowest BCUT2D eigenvalue weighted by molar-refractivity contribution is -0.135. The van der Waals surface area contributed by atoms with Crippen LogP contribution < -0.4 is 9.91 Å². The van der Waals surface area contributed by atoms with E-state index in [1.165, 1.54) is 37.6 Å². The smallest absolute Gasteiger partial charge is 0.346 e. The third kappa shape index (κ3) is 3.44. The average molecular weight is 504 g/mol. The van der Waals surface area contributed by atoms with Crippen molar-refractivity contribution in [1.82, 2.24) is 0 Å². The number of ether oxygens (including phenoxy) is 1. The fourth-order valence-corrected chi connectivity index (χ4v) is 6.52. The molecule has 1 atom stereocenters. The third-order valence-electron chi connectivity index (χ3n) is 4.63. The molecule has 2 aliphatic rings. The van der Waals surface area contributed by atoms with Gasteiger partial charge in [0, 0.05) is 22.8 Å². The molecule has 0 fully saturated rings. The van der Waals surface area contributed by atoms with Crippen molar-refractivity contribution in [2.75, 3.05) is 17.0 Å². The van der Waals surface area contributed by atoms with E-state index in [1.54, 1.807) is 5.01 Å². The number of ketones is 1. The monoisotopic (exact) mass is 503 g/mol. The zero-order valence-corrected chi connectivity index (χ0v) is 19.7. The van der Waals surface area contributed by atoms with E-state index in [2.05, 4.69) is 21.0 Å². The van der Waals surface area contributed by atoms with Crippen LogP contribution >= 0.6 is 39.5 Å². The van der Waals surface area contributed by atoms with Crippen molar-refractivity contribution in [3.05, 3.63) is 69.7 Å². The Bertz CT molecular complexity index is 1070. The van der Waals surface area contributed by atoms with Gasteiger partial charge in [-0.2, -0.15) is 5.10 Å². The van der Waals surface area contributed by atoms with Gasteiger partial charge in [0.05, 0.1) is 12.8 Å². The maximum Gasteiger partial charge on any atom is 0.346 e. The Morgan fingerprint density at radius 3 is 2.30 bits per heavy atom. The molecule has 6 nitrogen and oxygen atoms in total. The number of benzene rings is 2. The van der Waals surface area contributed by atoms with Crippen molar-refractivity contribution in [2.24, 2.45) is 5.10 Å². The Morgan fingerprint density at radius 1 is 1.03 bits per heavy atom. The van der Waals surface area contributed by atoms with E-state index >= 15 is 0 Å². The van der Waals surface area contributed by atoms with Crippen LogP contribution in [0.3, 0.4) is 0 Å². The number of rotatable bonds is 4. The van der Waals surface area contributed by atoms with Crippen molar-refractivity contribution < 1.29 is 14.3 Å². The van der Waals surface area contributed by atoms with Gasteiger partial charge in [-0.05, 0) is 55.1 Å². The minimum Gasteiger partial charge on any atom is -0.465 e. The van der Waals surface area contributed by atoms with E-state index in [0.717, 1.165) is 21.5 Å². The molecule has 154 valence electrons. The lowest BCUT2D eigenvalue weighted by Crippen LogP contribution is -2.49. The first-order valence-electron chi connectivity index (χ1n) is 9.05. The molecule has 0 aliphatic carbocycles. The second-order valence-corrected chi connectivity index (χ2v) is 10.1. The van der Waals surface area contributed by atoms with Crippen molar-refractivity contribution in [3.63, 3.8) is 0 Å². The minimum atomic E-state index is -0.913. The zero-order valence-electron chi connectivity index (χ0n) is 16.5. The Kier molecular flexibility index (Phi) is 5.69. The van der Waals surface area contributed by atoms with Gasteiger partial charge in [0.25, 0.3) is 0 Å². The number of esters is 1. The lowest BCUT2D eigenvalue weighted by atomic mass is 10.2. The van der Waals surface area contributed by atoms with Gasteiger partial charge in [0.1, 0.15) is 4.91 Å². The maximum atomic E-state index is 12.6. The second-order valence-electron chi connectivity index (χ2n) is 6.58. The fraction of sp³-hybridized carbons (Fsp3) is 0.190. The molecular formula is C21H18BrN3O3S2. The minimum absolute atomic E-state index is 0.128. The number of carbonyl (C=O) groups is 2. The van der Waals surface area contributed by atoms with Crippen LogP contribution in [0, 0.1) is 0 Å². The number of hydrazone groups is 1. The molecule has 0 aromatic heterocycles. The van der Waals surface area contributed by atoms with Crippen LogP contribution in [0.5, 0.6) is 0 Å². The van der Waals surface area contributed by atoms with Gasteiger partial charge < -0.3 is 9.64 Å². The number of para-hydroxylation sites is 1. The Balaban J connectivity index is 1.91. The van der Waals surface area contributed by atoms with E-state index in [-0.39, 0.29) is 5.78 Å². The molecule has 9 heteroatoms. The number of hydrogen-bond donors (Lipinski definition) is 0. The van der Waals surface area contributed by atoms with Crippen LogP contribution in [0.1, 0.15) is 13.8 Å². The predicted molar refractivity (Wildman–Crippen MR) is 126 cm³/mol. The summed E-state index contributed by atoms with van der Waals surface area (Å²) in [6.45, 7) is 3.38. The van der Waals surface area contributed by atoms with E-state index < -0.39 is 10.3 Å². The fourth-order valence-electron chi connectivity index (χ4n) is 3.28. The topological polar surface area (TPSA) is 62.2 Å². The summed E-state index contributed by atoms with van der Waals surface area (Å²) in [5.74, 6) is -0.542. The molecule has 0 unspecified atom stereocenters. The van der Waals surface area contributed by atoms with Gasteiger partial charge in [-0.3, -0.25) is 4.79 Å². The summed E-state index contributed by atoms with van der Waals surface area (Å²) < 4.78 is 5.06. The summed E-state index contributed by atoms with van der Waals surface area (Å²) in [6, 6.07) is 17.4. The standard InChI is InChI=1S/C21H18BrN3O3S2/c1-13-18(20(27)28-3)29-21(24(13)16-7-5-4-6-8-16)25(23-19(30-21)14(2)26)17-11-9-15(22)10-12-17/h4-12H,1-3H3/t21-/m0/s1. The number of methoxy groups -OCH3 is 1. The largest absolute Gasteiger partial charge is 0.465 e. The first kappa shape index (κ1) is 21.0. The molecule has 0 amide bonds. The first-order chi connectivity index (χ1) is 14.4. The molecule has 0 radical (unpaired) electrons. The van der Waals surface area contributed by atoms with E-state index in [1.807, 2.05) is 66.4 Å². The zero-order chi connectivity index (χ0) is 21.5. The van der Waals surface area contributed by atoms with Crippen molar-refractivity contribution in [3.8, 4) is 0 Å². The van der Waals surface area contributed by atoms with Crippen LogP contribution in [0.4, 0.5) is 11.4 Å². The maximum absolute atomic E-state index is 12.6. The summed E-state index contributed by atoms with van der Waals surface area (Å²) in [7, 11) is 1.37. The van der Waals surface area contributed by atoms with Gasteiger partial charge in [-0.15, -0.1) is 0 Å². The molecule has 1 spiro atoms. The number of nitrogens with zero attached hydrogens (tertiary/aromatic N) is 3. The SMILES string of the molecule is COC(=O)C1=C(C)N(c2ccccc2)[C@@]2(SC(C(C)=O)=NN2c2ccc(Br)cc2)S1. The molecule has 2 heterocycles. The van der Waals surface area contributed by atoms with Gasteiger partial charge in [0.15, 0.2) is 10.8 Å². The van der Waals surface area contributed by atoms with Gasteiger partial charge in [-0.25, -0.2) is 9.80 Å². The number of hydrogen-bond acceptors (Lipinski definition) is 8. The lowest BCUT2D eigenvalue weighted by Gasteiger charge is -2.41. The van der Waals surface area contributed by atoms with Crippen LogP contribution in [0.15, 0.2) is 74.8 Å². The molecule has 2 aromatic carbocycles. The molecule has 4 rings (SSSR count).